The first-order chi connectivity index (χ1) is 9.20. The lowest BCUT2D eigenvalue weighted by atomic mass is 9.87. The molecule has 1 aromatic rings. The Hall–Kier alpha value is -1.18. The Labute approximate surface area is 119 Å². The molecule has 1 aromatic heterocycles. The molecule has 0 saturated carbocycles. The van der Waals surface area contributed by atoms with E-state index in [0.717, 1.165) is 0 Å². The maximum absolute atomic E-state index is 12.1. The number of ether oxygens (including phenoxy) is 1. The molecule has 1 N–H and O–H groups in total. The summed E-state index contributed by atoms with van der Waals surface area (Å²) in [6.07, 6.45) is 2.14. The number of pyridine rings is 1. The zero-order valence-electron chi connectivity index (χ0n) is 12.1. The Balaban J connectivity index is 2.55. The van der Waals surface area contributed by atoms with Crippen LogP contribution in [0.4, 0.5) is 0 Å². The molecule has 1 aliphatic heterocycles. The molecular weight excluding hydrogens is 280 g/mol. The topological polar surface area (TPSA) is 79.7 Å². The molecule has 2 rings (SSSR count). The number of fused-ring (bicyclic) bond motifs is 1. The van der Waals surface area contributed by atoms with Gasteiger partial charge in [0.05, 0.1) is 11.8 Å². The first-order valence-corrected chi connectivity index (χ1v) is 8.08. The predicted octanol–water partition coefficient (Wildman–Crippen LogP) is 0.936. The third-order valence-corrected chi connectivity index (χ3v) is 5.54. The summed E-state index contributed by atoms with van der Waals surface area (Å²) in [5.41, 5.74) is -0.296. The van der Waals surface area contributed by atoms with Gasteiger partial charge in [-0.3, -0.25) is 4.98 Å². The summed E-state index contributed by atoms with van der Waals surface area (Å²) in [4.78, 5) is 4.01. The lowest BCUT2D eigenvalue weighted by Gasteiger charge is -2.44. The second-order valence-electron chi connectivity index (χ2n) is 5.43. The van der Waals surface area contributed by atoms with Crippen molar-refractivity contribution >= 4 is 10.0 Å². The molecule has 0 saturated heterocycles. The minimum Gasteiger partial charge on any atom is -0.485 e. The minimum absolute atomic E-state index is 0.0242. The predicted molar refractivity (Wildman–Crippen MR) is 74.9 cm³/mol. The highest BCUT2D eigenvalue weighted by Crippen LogP contribution is 2.42. The highest BCUT2D eigenvalue weighted by Gasteiger charge is 2.46. The number of aromatic nitrogens is 1. The van der Waals surface area contributed by atoms with E-state index in [0.29, 0.717) is 11.3 Å². The summed E-state index contributed by atoms with van der Waals surface area (Å²) >= 11 is 0. The van der Waals surface area contributed by atoms with Crippen LogP contribution in [-0.4, -0.2) is 47.3 Å². The van der Waals surface area contributed by atoms with Gasteiger partial charge in [-0.05, 0) is 26.8 Å². The number of hydrogen-bond donors (Lipinski definition) is 1. The third-order valence-electron chi connectivity index (χ3n) is 3.71. The number of sulfonamides is 1. The molecular formula is C13H20N2O4S. The van der Waals surface area contributed by atoms with Gasteiger partial charge in [-0.25, -0.2) is 8.42 Å². The second kappa shape index (κ2) is 4.98. The van der Waals surface area contributed by atoms with Crippen LogP contribution in [0, 0.1) is 0 Å². The van der Waals surface area contributed by atoms with Gasteiger partial charge in [0, 0.05) is 25.0 Å². The number of aliphatic hydroxyl groups is 1. The van der Waals surface area contributed by atoms with E-state index < -0.39 is 27.8 Å². The first-order valence-electron chi connectivity index (χ1n) is 6.47. The van der Waals surface area contributed by atoms with Gasteiger partial charge in [-0.2, -0.15) is 4.31 Å². The number of likely N-dealkylation sites (N-methyl/N-ethyl adjacent to an activating group) is 1. The molecule has 2 atom stereocenters. The van der Waals surface area contributed by atoms with Crippen molar-refractivity contribution in [3.8, 4) is 5.75 Å². The summed E-state index contributed by atoms with van der Waals surface area (Å²) in [6, 6.07) is 0.981. The van der Waals surface area contributed by atoms with E-state index in [1.54, 1.807) is 39.2 Å². The number of nitrogens with zero attached hydrogens (tertiary/aromatic N) is 2. The summed E-state index contributed by atoms with van der Waals surface area (Å²) in [7, 11) is -1.96. The highest BCUT2D eigenvalue weighted by molar-refractivity contribution is 7.89. The minimum atomic E-state index is -3.43. The van der Waals surface area contributed by atoms with Gasteiger partial charge in [0.2, 0.25) is 10.0 Å². The van der Waals surface area contributed by atoms with Gasteiger partial charge in [0.15, 0.2) is 0 Å². The quantitative estimate of drug-likeness (QED) is 0.898. The third kappa shape index (κ3) is 2.41. The second-order valence-corrected chi connectivity index (χ2v) is 7.74. The van der Waals surface area contributed by atoms with Crippen molar-refractivity contribution < 1.29 is 18.3 Å². The van der Waals surface area contributed by atoms with Crippen LogP contribution in [0.3, 0.4) is 0 Å². The fourth-order valence-corrected chi connectivity index (χ4v) is 3.36. The molecule has 2 heterocycles. The number of rotatable bonds is 3. The largest absolute Gasteiger partial charge is 0.485 e. The van der Waals surface area contributed by atoms with Gasteiger partial charge in [-0.1, -0.05) is 0 Å². The van der Waals surface area contributed by atoms with E-state index in [4.69, 9.17) is 4.74 Å². The van der Waals surface area contributed by atoms with E-state index in [9.17, 15) is 13.5 Å². The Morgan fingerprint density at radius 2 is 2.15 bits per heavy atom. The van der Waals surface area contributed by atoms with Crippen molar-refractivity contribution in [3.63, 3.8) is 0 Å². The normalized spacial score (nSPS) is 25.1. The Morgan fingerprint density at radius 3 is 2.75 bits per heavy atom. The molecule has 0 fully saturated rings. The van der Waals surface area contributed by atoms with Gasteiger partial charge in [0.25, 0.3) is 0 Å². The maximum atomic E-state index is 12.1. The molecule has 0 spiro atoms. The van der Waals surface area contributed by atoms with Crippen molar-refractivity contribution in [1.82, 2.24) is 9.29 Å². The lowest BCUT2D eigenvalue weighted by Crippen LogP contribution is -2.54. The van der Waals surface area contributed by atoms with E-state index >= 15 is 0 Å². The van der Waals surface area contributed by atoms with Crippen molar-refractivity contribution in [1.29, 1.82) is 0 Å². The molecule has 0 bridgehead atoms. The van der Waals surface area contributed by atoms with E-state index in [2.05, 4.69) is 4.98 Å². The van der Waals surface area contributed by atoms with E-state index in [1.165, 1.54) is 11.4 Å². The van der Waals surface area contributed by atoms with Gasteiger partial charge in [-0.15, -0.1) is 0 Å². The lowest BCUT2D eigenvalue weighted by molar-refractivity contribution is -0.0765. The molecule has 2 unspecified atom stereocenters. The van der Waals surface area contributed by atoms with Crippen LogP contribution in [0.25, 0.3) is 0 Å². The molecule has 6 nitrogen and oxygen atoms in total. The summed E-state index contributed by atoms with van der Waals surface area (Å²) in [5.74, 6) is 0.530. The van der Waals surface area contributed by atoms with Crippen molar-refractivity contribution in [3.05, 3.63) is 24.0 Å². The van der Waals surface area contributed by atoms with Crippen LogP contribution in [0.5, 0.6) is 5.75 Å². The summed E-state index contributed by atoms with van der Waals surface area (Å²) < 4.78 is 31.2. The zero-order valence-corrected chi connectivity index (χ0v) is 12.9. The van der Waals surface area contributed by atoms with Crippen LogP contribution in [0.15, 0.2) is 18.5 Å². The number of hydrogen-bond acceptors (Lipinski definition) is 5. The van der Waals surface area contributed by atoms with Crippen molar-refractivity contribution in [2.24, 2.45) is 0 Å². The number of aliphatic hydroxyl groups excluding tert-OH is 1. The van der Waals surface area contributed by atoms with Crippen LogP contribution in [-0.2, 0) is 10.0 Å². The van der Waals surface area contributed by atoms with Crippen molar-refractivity contribution in [2.75, 3.05) is 12.8 Å². The monoisotopic (exact) mass is 300 g/mol. The maximum Gasteiger partial charge on any atom is 0.214 e. The molecule has 0 aliphatic carbocycles. The fourth-order valence-electron chi connectivity index (χ4n) is 2.37. The average molecular weight is 300 g/mol. The summed E-state index contributed by atoms with van der Waals surface area (Å²) in [5, 5.41) is 10.5. The summed E-state index contributed by atoms with van der Waals surface area (Å²) in [6.45, 7) is 5.05. The Morgan fingerprint density at radius 1 is 1.50 bits per heavy atom. The van der Waals surface area contributed by atoms with Gasteiger partial charge < -0.3 is 9.84 Å². The molecule has 0 amide bonds. The highest BCUT2D eigenvalue weighted by atomic mass is 32.2. The van der Waals surface area contributed by atoms with Crippen LogP contribution >= 0.6 is 0 Å². The molecule has 0 radical (unpaired) electrons. The molecule has 112 valence electrons. The average Bonchev–Trinajstić information content (AvgIpc) is 2.39. The van der Waals surface area contributed by atoms with E-state index in [1.807, 2.05) is 0 Å². The first kappa shape index (κ1) is 15.2. The molecule has 20 heavy (non-hydrogen) atoms. The van der Waals surface area contributed by atoms with Gasteiger partial charge >= 0.3 is 0 Å². The Kier molecular flexibility index (Phi) is 3.79. The van der Waals surface area contributed by atoms with Gasteiger partial charge in [0.1, 0.15) is 17.5 Å². The van der Waals surface area contributed by atoms with Crippen LogP contribution in [0.2, 0.25) is 0 Å². The molecule has 7 heteroatoms. The van der Waals surface area contributed by atoms with Crippen molar-refractivity contribution in [2.45, 2.75) is 38.5 Å². The van der Waals surface area contributed by atoms with Crippen LogP contribution in [0.1, 0.15) is 32.4 Å². The zero-order chi connectivity index (χ0) is 15.1. The van der Waals surface area contributed by atoms with E-state index in [-0.39, 0.29) is 5.75 Å². The molecule has 1 aliphatic rings. The standard InChI is InChI=1S/C13H20N2O4S/c1-5-20(17,18)15(4)11-9-8-14-7-6-10(9)19-13(2,3)12(11)16/h6-8,11-12,16H,5H2,1-4H3. The fraction of sp³-hybridized carbons (Fsp3) is 0.615. The SMILES string of the molecule is CCS(=O)(=O)N(C)C1c2cnccc2OC(C)(C)C1O. The van der Waals surface area contributed by atoms with Crippen LogP contribution < -0.4 is 4.74 Å². The smallest absolute Gasteiger partial charge is 0.214 e. The molecule has 0 aromatic carbocycles. The Bertz CT molecular complexity index is 600.